The molecule has 2 heterocycles. The van der Waals surface area contributed by atoms with Gasteiger partial charge >= 0.3 is 0 Å². The number of fused-ring (bicyclic) bond motifs is 1. The SMILES string of the molecule is Cc1cccc2c1CN(c1cccc(C(C)Cc3nocc3CO)c1)C2=O. The molecule has 1 aromatic heterocycles. The van der Waals surface area contributed by atoms with Crippen LogP contribution in [-0.2, 0) is 19.6 Å². The fourth-order valence-electron chi connectivity index (χ4n) is 3.68. The van der Waals surface area contributed by atoms with Crippen molar-refractivity contribution in [3.05, 3.63) is 82.2 Å². The molecule has 1 amide bonds. The smallest absolute Gasteiger partial charge is 0.258 e. The Bertz CT molecular complexity index is 993. The Labute approximate surface area is 158 Å². The van der Waals surface area contributed by atoms with Gasteiger partial charge in [0, 0.05) is 23.2 Å². The van der Waals surface area contributed by atoms with Crippen molar-refractivity contribution < 1.29 is 14.4 Å². The first-order chi connectivity index (χ1) is 13.1. The second kappa shape index (κ2) is 7.00. The van der Waals surface area contributed by atoms with Gasteiger partial charge < -0.3 is 14.5 Å². The molecule has 0 fully saturated rings. The Morgan fingerprint density at radius 1 is 1.26 bits per heavy atom. The van der Waals surface area contributed by atoms with E-state index in [0.29, 0.717) is 13.0 Å². The summed E-state index contributed by atoms with van der Waals surface area (Å²) in [6, 6.07) is 14.0. The number of carbonyl (C=O) groups is 1. The number of rotatable bonds is 5. The Kier molecular flexibility index (Phi) is 4.54. The first-order valence-electron chi connectivity index (χ1n) is 9.11. The molecule has 0 saturated heterocycles. The predicted octanol–water partition coefficient (Wildman–Crippen LogP) is 3.98. The zero-order valence-electron chi connectivity index (χ0n) is 15.5. The van der Waals surface area contributed by atoms with E-state index < -0.39 is 0 Å². The summed E-state index contributed by atoms with van der Waals surface area (Å²) in [5.41, 5.74) is 6.58. The molecule has 2 aromatic carbocycles. The highest BCUT2D eigenvalue weighted by atomic mass is 16.5. The molecule has 1 aliphatic rings. The quantitative estimate of drug-likeness (QED) is 0.745. The molecule has 27 heavy (non-hydrogen) atoms. The summed E-state index contributed by atoms with van der Waals surface area (Å²) >= 11 is 0. The number of aromatic nitrogens is 1. The van der Waals surface area contributed by atoms with Crippen molar-refractivity contribution in [3.63, 3.8) is 0 Å². The van der Waals surface area contributed by atoms with Crippen LogP contribution in [0.4, 0.5) is 5.69 Å². The lowest BCUT2D eigenvalue weighted by Crippen LogP contribution is -2.23. The lowest BCUT2D eigenvalue weighted by atomic mass is 9.94. The molecule has 5 heteroatoms. The first kappa shape index (κ1) is 17.5. The Balaban J connectivity index is 1.58. The number of carbonyl (C=O) groups excluding carboxylic acids is 1. The molecule has 4 rings (SSSR count). The zero-order valence-corrected chi connectivity index (χ0v) is 15.5. The fourth-order valence-corrected chi connectivity index (χ4v) is 3.68. The maximum Gasteiger partial charge on any atom is 0.258 e. The van der Waals surface area contributed by atoms with Crippen molar-refractivity contribution in [1.29, 1.82) is 0 Å². The minimum Gasteiger partial charge on any atom is -0.391 e. The Hall–Kier alpha value is -2.92. The summed E-state index contributed by atoms with van der Waals surface area (Å²) in [6.07, 6.45) is 2.16. The third-order valence-corrected chi connectivity index (χ3v) is 5.35. The molecule has 0 spiro atoms. The van der Waals surface area contributed by atoms with E-state index in [4.69, 9.17) is 4.52 Å². The average Bonchev–Trinajstić information content (AvgIpc) is 3.27. The van der Waals surface area contributed by atoms with Gasteiger partial charge in [-0.25, -0.2) is 0 Å². The molecule has 3 aromatic rings. The highest BCUT2D eigenvalue weighted by molar-refractivity contribution is 6.10. The first-order valence-corrected chi connectivity index (χ1v) is 9.11. The normalized spacial score (nSPS) is 14.5. The molecule has 0 aliphatic carbocycles. The van der Waals surface area contributed by atoms with Crippen molar-refractivity contribution in [2.75, 3.05) is 4.90 Å². The van der Waals surface area contributed by atoms with E-state index in [1.54, 1.807) is 0 Å². The Morgan fingerprint density at radius 3 is 2.85 bits per heavy atom. The molecule has 138 valence electrons. The van der Waals surface area contributed by atoms with Crippen molar-refractivity contribution >= 4 is 11.6 Å². The van der Waals surface area contributed by atoms with Gasteiger partial charge in [0.25, 0.3) is 5.91 Å². The van der Waals surface area contributed by atoms with Gasteiger partial charge in [0.05, 0.1) is 18.8 Å². The van der Waals surface area contributed by atoms with Gasteiger partial charge in [-0.05, 0) is 47.7 Å². The second-order valence-electron chi connectivity index (χ2n) is 7.14. The number of aliphatic hydroxyl groups is 1. The fraction of sp³-hybridized carbons (Fsp3) is 0.273. The molecular formula is C22H22N2O3. The topological polar surface area (TPSA) is 66.6 Å². The molecule has 1 aliphatic heterocycles. The number of anilines is 1. The summed E-state index contributed by atoms with van der Waals surface area (Å²) in [7, 11) is 0. The van der Waals surface area contributed by atoms with E-state index in [9.17, 15) is 9.90 Å². The number of aryl methyl sites for hydroxylation is 1. The summed E-state index contributed by atoms with van der Waals surface area (Å²) in [6.45, 7) is 4.69. The highest BCUT2D eigenvalue weighted by Crippen LogP contribution is 2.32. The van der Waals surface area contributed by atoms with Crippen LogP contribution in [0.5, 0.6) is 0 Å². The third-order valence-electron chi connectivity index (χ3n) is 5.35. The van der Waals surface area contributed by atoms with E-state index in [0.717, 1.165) is 39.2 Å². The van der Waals surface area contributed by atoms with Crippen molar-refractivity contribution in [2.45, 2.75) is 39.3 Å². The summed E-state index contributed by atoms with van der Waals surface area (Å²) < 4.78 is 4.98. The molecule has 1 N–H and O–H groups in total. The monoisotopic (exact) mass is 362 g/mol. The van der Waals surface area contributed by atoms with Crippen LogP contribution in [0.25, 0.3) is 0 Å². The van der Waals surface area contributed by atoms with Gasteiger partial charge in [-0.3, -0.25) is 4.79 Å². The number of amides is 1. The van der Waals surface area contributed by atoms with E-state index in [-0.39, 0.29) is 18.4 Å². The molecule has 1 atom stereocenters. The van der Waals surface area contributed by atoms with E-state index in [2.05, 4.69) is 24.2 Å². The van der Waals surface area contributed by atoms with Crippen LogP contribution in [0.3, 0.4) is 0 Å². The van der Waals surface area contributed by atoms with E-state index >= 15 is 0 Å². The summed E-state index contributed by atoms with van der Waals surface area (Å²) in [5, 5.41) is 13.4. The lowest BCUT2D eigenvalue weighted by molar-refractivity contribution is 0.0996. The molecule has 1 unspecified atom stereocenters. The molecule has 5 nitrogen and oxygen atoms in total. The van der Waals surface area contributed by atoms with Gasteiger partial charge in [-0.1, -0.05) is 36.3 Å². The van der Waals surface area contributed by atoms with Crippen molar-refractivity contribution in [1.82, 2.24) is 5.16 Å². The third kappa shape index (κ3) is 3.15. The molecular weight excluding hydrogens is 340 g/mol. The van der Waals surface area contributed by atoms with Gasteiger partial charge in [-0.2, -0.15) is 0 Å². The van der Waals surface area contributed by atoms with Gasteiger partial charge in [-0.15, -0.1) is 0 Å². The number of nitrogens with zero attached hydrogens (tertiary/aromatic N) is 2. The number of hydrogen-bond donors (Lipinski definition) is 1. The van der Waals surface area contributed by atoms with Gasteiger partial charge in [0.2, 0.25) is 0 Å². The van der Waals surface area contributed by atoms with Crippen molar-refractivity contribution in [2.24, 2.45) is 0 Å². The van der Waals surface area contributed by atoms with Crippen LogP contribution in [0.2, 0.25) is 0 Å². The van der Waals surface area contributed by atoms with Crippen LogP contribution in [-0.4, -0.2) is 16.2 Å². The number of hydrogen-bond acceptors (Lipinski definition) is 4. The maximum absolute atomic E-state index is 12.8. The molecule has 0 saturated carbocycles. The predicted molar refractivity (Wildman–Crippen MR) is 103 cm³/mol. The van der Waals surface area contributed by atoms with Gasteiger partial charge in [0.1, 0.15) is 6.26 Å². The Morgan fingerprint density at radius 2 is 2.07 bits per heavy atom. The van der Waals surface area contributed by atoms with E-state index in [1.165, 1.54) is 6.26 Å². The standard InChI is InChI=1S/C22H22N2O3/c1-14-5-3-8-19-20(14)11-24(22(19)26)18-7-4-6-16(10-18)15(2)9-21-17(12-25)13-27-23-21/h3-8,10,13,15,25H,9,11-12H2,1-2H3. The summed E-state index contributed by atoms with van der Waals surface area (Å²) in [5.74, 6) is 0.236. The van der Waals surface area contributed by atoms with Gasteiger partial charge in [0.15, 0.2) is 0 Å². The minimum atomic E-state index is -0.0779. The summed E-state index contributed by atoms with van der Waals surface area (Å²) in [4.78, 5) is 14.7. The second-order valence-corrected chi connectivity index (χ2v) is 7.14. The zero-order chi connectivity index (χ0) is 19.0. The molecule has 0 bridgehead atoms. The van der Waals surface area contributed by atoms with Crippen LogP contribution in [0.15, 0.2) is 53.3 Å². The van der Waals surface area contributed by atoms with Crippen molar-refractivity contribution in [3.8, 4) is 0 Å². The van der Waals surface area contributed by atoms with Crippen LogP contribution >= 0.6 is 0 Å². The highest BCUT2D eigenvalue weighted by Gasteiger charge is 2.29. The van der Waals surface area contributed by atoms with Crippen LogP contribution in [0.1, 0.15) is 51.1 Å². The van der Waals surface area contributed by atoms with Crippen LogP contribution in [0, 0.1) is 6.92 Å². The lowest BCUT2D eigenvalue weighted by Gasteiger charge is -2.19. The number of benzene rings is 2. The maximum atomic E-state index is 12.8. The number of aliphatic hydroxyl groups excluding tert-OH is 1. The molecule has 0 radical (unpaired) electrons. The van der Waals surface area contributed by atoms with Crippen LogP contribution < -0.4 is 4.90 Å². The minimum absolute atomic E-state index is 0.0533. The van der Waals surface area contributed by atoms with E-state index in [1.807, 2.05) is 42.2 Å². The average molecular weight is 362 g/mol. The largest absolute Gasteiger partial charge is 0.391 e.